The maximum absolute atomic E-state index is 10.7. The van der Waals surface area contributed by atoms with Gasteiger partial charge in [-0.1, -0.05) is 22.9 Å². The van der Waals surface area contributed by atoms with Crippen molar-refractivity contribution >= 4 is 51.5 Å². The first-order valence-electron chi connectivity index (χ1n) is 3.68. The van der Waals surface area contributed by atoms with E-state index in [0.29, 0.717) is 5.13 Å². The van der Waals surface area contributed by atoms with Crippen LogP contribution < -0.4 is 0 Å². The van der Waals surface area contributed by atoms with Crippen molar-refractivity contribution in [2.75, 3.05) is 0 Å². The predicted molar refractivity (Wildman–Crippen MR) is 63.9 cm³/mol. The third-order valence-electron chi connectivity index (χ3n) is 1.52. The minimum Gasteiger partial charge on any atom is -0.477 e. The van der Waals surface area contributed by atoms with E-state index < -0.39 is 5.97 Å². The van der Waals surface area contributed by atoms with Gasteiger partial charge in [0.1, 0.15) is 0 Å². The molecule has 15 heavy (non-hydrogen) atoms. The molecule has 2 aromatic heterocycles. The average molecular weight is 356 g/mol. The molecule has 0 aromatic carbocycles. The molecular formula is C7H3ClIN3O2S. The molecule has 78 valence electrons. The molecule has 0 amide bonds. The number of halogens is 2. The van der Waals surface area contributed by atoms with Gasteiger partial charge in [-0.15, -0.1) is 0 Å². The second-order valence-electron chi connectivity index (χ2n) is 2.52. The normalized spacial score (nSPS) is 10.5. The van der Waals surface area contributed by atoms with Crippen LogP contribution in [0.4, 0.5) is 0 Å². The molecule has 0 radical (unpaired) electrons. The molecule has 0 spiro atoms. The Kier molecular flexibility index (Phi) is 2.94. The van der Waals surface area contributed by atoms with Gasteiger partial charge in [-0.2, -0.15) is 5.10 Å². The largest absolute Gasteiger partial charge is 0.477 e. The first kappa shape index (κ1) is 10.8. The van der Waals surface area contributed by atoms with E-state index in [1.807, 2.05) is 0 Å². The number of carboxylic acid groups (broad SMARTS) is 1. The standard InChI is InChI=1S/C7H3ClIN3O2S/c8-5-4(6(13)14)15-7(11-5)12-2-3(9)1-10-12/h1-2H,(H,13,14). The molecule has 0 aliphatic carbocycles. The van der Waals surface area contributed by atoms with E-state index in [9.17, 15) is 4.79 Å². The fourth-order valence-electron chi connectivity index (χ4n) is 0.926. The highest BCUT2D eigenvalue weighted by molar-refractivity contribution is 14.1. The first-order chi connectivity index (χ1) is 7.08. The first-order valence-corrected chi connectivity index (χ1v) is 5.95. The van der Waals surface area contributed by atoms with E-state index in [-0.39, 0.29) is 10.0 Å². The summed E-state index contributed by atoms with van der Waals surface area (Å²) in [6.45, 7) is 0. The number of thiazole rings is 1. The molecule has 1 N–H and O–H groups in total. The fraction of sp³-hybridized carbons (Fsp3) is 0. The van der Waals surface area contributed by atoms with Crippen LogP contribution in [-0.4, -0.2) is 25.8 Å². The van der Waals surface area contributed by atoms with Gasteiger partial charge in [0.15, 0.2) is 10.0 Å². The van der Waals surface area contributed by atoms with Crippen molar-refractivity contribution in [2.24, 2.45) is 0 Å². The lowest BCUT2D eigenvalue weighted by molar-refractivity contribution is 0.0702. The third-order valence-corrected chi connectivity index (χ3v) is 3.49. The van der Waals surface area contributed by atoms with Crippen LogP contribution in [0.25, 0.3) is 5.13 Å². The van der Waals surface area contributed by atoms with E-state index in [1.54, 1.807) is 12.4 Å². The van der Waals surface area contributed by atoms with Gasteiger partial charge in [0.05, 0.1) is 9.77 Å². The Morgan fingerprint density at radius 1 is 1.67 bits per heavy atom. The summed E-state index contributed by atoms with van der Waals surface area (Å²) < 4.78 is 2.43. The van der Waals surface area contributed by atoms with Gasteiger partial charge in [-0.25, -0.2) is 14.5 Å². The van der Waals surface area contributed by atoms with Crippen LogP contribution in [0.1, 0.15) is 9.67 Å². The molecule has 0 saturated heterocycles. The Morgan fingerprint density at radius 3 is 2.87 bits per heavy atom. The molecule has 5 nitrogen and oxygen atoms in total. The number of hydrogen-bond donors (Lipinski definition) is 1. The molecule has 0 aliphatic rings. The molecule has 0 aliphatic heterocycles. The molecule has 0 unspecified atom stereocenters. The molecule has 0 atom stereocenters. The van der Waals surface area contributed by atoms with Crippen LogP contribution >= 0.6 is 45.5 Å². The van der Waals surface area contributed by atoms with E-state index in [4.69, 9.17) is 16.7 Å². The van der Waals surface area contributed by atoms with E-state index in [0.717, 1.165) is 14.9 Å². The number of rotatable bonds is 2. The van der Waals surface area contributed by atoms with Crippen LogP contribution in [0.5, 0.6) is 0 Å². The summed E-state index contributed by atoms with van der Waals surface area (Å²) in [7, 11) is 0. The summed E-state index contributed by atoms with van der Waals surface area (Å²) >= 11 is 8.76. The number of aromatic carboxylic acids is 1. The van der Waals surface area contributed by atoms with E-state index >= 15 is 0 Å². The maximum atomic E-state index is 10.7. The lowest BCUT2D eigenvalue weighted by Gasteiger charge is -1.90. The Bertz CT molecular complexity index is 524. The van der Waals surface area contributed by atoms with Crippen LogP contribution in [0, 0.1) is 3.57 Å². The van der Waals surface area contributed by atoms with Gasteiger partial charge >= 0.3 is 5.97 Å². The van der Waals surface area contributed by atoms with Gasteiger partial charge in [0, 0.05) is 6.20 Å². The predicted octanol–water partition coefficient (Wildman–Crippen LogP) is 2.29. The SMILES string of the molecule is O=C(O)c1sc(-n2cc(I)cn2)nc1Cl. The quantitative estimate of drug-likeness (QED) is 0.839. The van der Waals surface area contributed by atoms with Crippen molar-refractivity contribution in [2.45, 2.75) is 0 Å². The zero-order valence-electron chi connectivity index (χ0n) is 7.02. The summed E-state index contributed by atoms with van der Waals surface area (Å²) in [6, 6.07) is 0. The van der Waals surface area contributed by atoms with Crippen LogP contribution in [0.15, 0.2) is 12.4 Å². The lowest BCUT2D eigenvalue weighted by Crippen LogP contribution is -1.92. The van der Waals surface area contributed by atoms with Crippen molar-refractivity contribution in [3.63, 3.8) is 0 Å². The topological polar surface area (TPSA) is 68.0 Å². The Balaban J connectivity index is 2.46. The van der Waals surface area contributed by atoms with E-state index in [2.05, 4.69) is 32.7 Å². The Hall–Kier alpha value is -0.670. The molecule has 0 saturated carbocycles. The minimum absolute atomic E-state index is 0.00647. The highest BCUT2D eigenvalue weighted by Gasteiger charge is 2.16. The Morgan fingerprint density at radius 2 is 2.40 bits per heavy atom. The van der Waals surface area contributed by atoms with Crippen molar-refractivity contribution in [1.82, 2.24) is 14.8 Å². The molecule has 2 rings (SSSR count). The molecule has 2 aromatic rings. The minimum atomic E-state index is -1.08. The number of carbonyl (C=O) groups is 1. The smallest absolute Gasteiger partial charge is 0.349 e. The summed E-state index contributed by atoms with van der Waals surface area (Å²) in [5.41, 5.74) is 0. The van der Waals surface area contributed by atoms with Gasteiger partial charge in [0.2, 0.25) is 5.13 Å². The van der Waals surface area contributed by atoms with Crippen LogP contribution in [0.2, 0.25) is 5.15 Å². The maximum Gasteiger partial charge on any atom is 0.349 e. The van der Waals surface area contributed by atoms with Gasteiger partial charge in [0.25, 0.3) is 0 Å². The van der Waals surface area contributed by atoms with Crippen molar-refractivity contribution < 1.29 is 9.90 Å². The zero-order chi connectivity index (χ0) is 11.0. The highest BCUT2D eigenvalue weighted by Crippen LogP contribution is 2.25. The van der Waals surface area contributed by atoms with Gasteiger partial charge in [-0.3, -0.25) is 0 Å². The second-order valence-corrected chi connectivity index (χ2v) is 5.11. The number of carboxylic acids is 1. The third kappa shape index (κ3) is 2.13. The van der Waals surface area contributed by atoms with Crippen molar-refractivity contribution in [3.8, 4) is 5.13 Å². The molecule has 0 bridgehead atoms. The molecule has 2 heterocycles. The van der Waals surface area contributed by atoms with Gasteiger partial charge < -0.3 is 5.11 Å². The highest BCUT2D eigenvalue weighted by atomic mass is 127. The van der Waals surface area contributed by atoms with Crippen molar-refractivity contribution in [1.29, 1.82) is 0 Å². The Labute approximate surface area is 107 Å². The molecule has 8 heteroatoms. The summed E-state index contributed by atoms with van der Waals surface area (Å²) in [6.07, 6.45) is 3.39. The van der Waals surface area contributed by atoms with Gasteiger partial charge in [-0.05, 0) is 22.6 Å². The summed E-state index contributed by atoms with van der Waals surface area (Å²) in [4.78, 5) is 14.7. The lowest BCUT2D eigenvalue weighted by atomic mass is 10.6. The second kappa shape index (κ2) is 4.06. The van der Waals surface area contributed by atoms with Crippen LogP contribution in [-0.2, 0) is 0 Å². The molecular weight excluding hydrogens is 353 g/mol. The molecule has 0 fully saturated rings. The summed E-state index contributed by atoms with van der Waals surface area (Å²) in [5.74, 6) is -1.08. The average Bonchev–Trinajstić information content (AvgIpc) is 2.71. The number of nitrogens with zero attached hydrogens (tertiary/aromatic N) is 3. The fourth-order valence-corrected chi connectivity index (χ4v) is 2.37. The van der Waals surface area contributed by atoms with Crippen molar-refractivity contribution in [3.05, 3.63) is 26.0 Å². The number of aromatic nitrogens is 3. The zero-order valence-corrected chi connectivity index (χ0v) is 10.7. The summed E-state index contributed by atoms with van der Waals surface area (Å²) in [5, 5.41) is 13.2. The number of hydrogen-bond acceptors (Lipinski definition) is 4. The van der Waals surface area contributed by atoms with E-state index in [1.165, 1.54) is 4.68 Å². The monoisotopic (exact) mass is 355 g/mol. The van der Waals surface area contributed by atoms with Crippen LogP contribution in [0.3, 0.4) is 0 Å².